The van der Waals surface area contributed by atoms with Crippen molar-refractivity contribution in [1.82, 2.24) is 0 Å². The third-order valence-electron chi connectivity index (χ3n) is 4.34. The van der Waals surface area contributed by atoms with Crippen molar-refractivity contribution in [1.29, 1.82) is 0 Å². The van der Waals surface area contributed by atoms with Gasteiger partial charge in [-0.3, -0.25) is 4.79 Å². The molecule has 3 rings (SSSR count). The summed E-state index contributed by atoms with van der Waals surface area (Å²) in [7, 11) is 1.33. The topological polar surface area (TPSA) is 55.4 Å². The number of rotatable bonds is 5. The van der Waals surface area contributed by atoms with E-state index in [1.54, 1.807) is 36.0 Å². The second kappa shape index (κ2) is 8.21. The normalized spacial score (nSPS) is 16.0. The van der Waals surface area contributed by atoms with Crippen molar-refractivity contribution in [3.8, 4) is 0 Å². The lowest BCUT2D eigenvalue weighted by Crippen LogP contribution is -2.18. The Balaban J connectivity index is 1.62. The fourth-order valence-electron chi connectivity index (χ4n) is 3.13. The lowest BCUT2D eigenvalue weighted by atomic mass is 9.91. The molecule has 0 bridgehead atoms. The minimum Gasteiger partial charge on any atom is -0.465 e. The molecule has 0 saturated heterocycles. The Morgan fingerprint density at radius 1 is 1.16 bits per heavy atom. The minimum atomic E-state index is -0.454. The van der Waals surface area contributed by atoms with Gasteiger partial charge in [0.05, 0.1) is 24.1 Å². The van der Waals surface area contributed by atoms with Gasteiger partial charge in [-0.25, -0.2) is 4.79 Å². The molecule has 0 aromatic heterocycles. The van der Waals surface area contributed by atoms with Gasteiger partial charge in [0, 0.05) is 5.25 Å². The highest BCUT2D eigenvalue weighted by Gasteiger charge is 2.21. The Morgan fingerprint density at radius 2 is 1.92 bits per heavy atom. The Hall–Kier alpha value is -2.27. The van der Waals surface area contributed by atoms with Crippen molar-refractivity contribution in [2.75, 3.05) is 18.2 Å². The molecule has 25 heavy (non-hydrogen) atoms. The molecule has 4 nitrogen and oxygen atoms in total. The number of amides is 1. The molecule has 130 valence electrons. The number of methoxy groups -OCH3 is 1. The second-order valence-electron chi connectivity index (χ2n) is 5.98. The summed E-state index contributed by atoms with van der Waals surface area (Å²) in [6.07, 6.45) is 3.36. The summed E-state index contributed by atoms with van der Waals surface area (Å²) in [5, 5.41) is 3.18. The highest BCUT2D eigenvalue weighted by atomic mass is 32.2. The molecule has 1 amide bonds. The van der Waals surface area contributed by atoms with Crippen LogP contribution in [-0.4, -0.2) is 24.7 Å². The molecule has 0 spiro atoms. The number of esters is 1. The molecule has 1 atom stereocenters. The van der Waals surface area contributed by atoms with Gasteiger partial charge in [0.1, 0.15) is 0 Å². The highest BCUT2D eigenvalue weighted by molar-refractivity contribution is 8.00. The Labute approximate surface area is 152 Å². The van der Waals surface area contributed by atoms with E-state index in [-0.39, 0.29) is 5.91 Å². The molecule has 2 aromatic rings. The average molecular weight is 355 g/mol. The van der Waals surface area contributed by atoms with E-state index >= 15 is 0 Å². The Morgan fingerprint density at radius 3 is 2.76 bits per heavy atom. The van der Waals surface area contributed by atoms with Gasteiger partial charge >= 0.3 is 5.97 Å². The highest BCUT2D eigenvalue weighted by Crippen LogP contribution is 2.39. The summed E-state index contributed by atoms with van der Waals surface area (Å²) in [4.78, 5) is 24.1. The van der Waals surface area contributed by atoms with E-state index in [0.717, 1.165) is 19.3 Å². The van der Waals surface area contributed by atoms with Crippen LogP contribution in [0.4, 0.5) is 5.69 Å². The van der Waals surface area contributed by atoms with Gasteiger partial charge in [0.2, 0.25) is 5.91 Å². The van der Waals surface area contributed by atoms with Gasteiger partial charge in [0.25, 0.3) is 0 Å². The Kier molecular flexibility index (Phi) is 5.76. The van der Waals surface area contributed by atoms with Gasteiger partial charge < -0.3 is 10.1 Å². The number of fused-ring (bicyclic) bond motifs is 1. The van der Waals surface area contributed by atoms with E-state index in [9.17, 15) is 9.59 Å². The van der Waals surface area contributed by atoms with Crippen molar-refractivity contribution in [2.45, 2.75) is 24.5 Å². The zero-order chi connectivity index (χ0) is 17.6. The van der Waals surface area contributed by atoms with Crippen LogP contribution in [0.3, 0.4) is 0 Å². The van der Waals surface area contributed by atoms with Crippen LogP contribution in [0.1, 0.15) is 39.6 Å². The van der Waals surface area contributed by atoms with Crippen molar-refractivity contribution in [3.63, 3.8) is 0 Å². The molecule has 0 aliphatic heterocycles. The van der Waals surface area contributed by atoms with Gasteiger partial charge in [-0.1, -0.05) is 36.4 Å². The fourth-order valence-corrected chi connectivity index (χ4v) is 4.29. The van der Waals surface area contributed by atoms with Crippen LogP contribution in [0.5, 0.6) is 0 Å². The maximum Gasteiger partial charge on any atom is 0.339 e. The quantitative estimate of drug-likeness (QED) is 0.816. The predicted octanol–water partition coefficient (Wildman–Crippen LogP) is 4.22. The zero-order valence-corrected chi connectivity index (χ0v) is 15.0. The van der Waals surface area contributed by atoms with Crippen molar-refractivity contribution in [2.24, 2.45) is 0 Å². The number of para-hydroxylation sites is 1. The van der Waals surface area contributed by atoms with Crippen LogP contribution in [0, 0.1) is 0 Å². The lowest BCUT2D eigenvalue weighted by molar-refractivity contribution is -0.113. The molecule has 1 aliphatic rings. The monoisotopic (exact) mass is 355 g/mol. The van der Waals surface area contributed by atoms with Gasteiger partial charge in [-0.2, -0.15) is 0 Å². The molecule has 2 aromatic carbocycles. The van der Waals surface area contributed by atoms with E-state index in [2.05, 4.69) is 29.6 Å². The first-order valence-electron chi connectivity index (χ1n) is 8.35. The number of hydrogen-bond donors (Lipinski definition) is 1. The zero-order valence-electron chi connectivity index (χ0n) is 14.2. The first-order valence-corrected chi connectivity index (χ1v) is 9.40. The number of ether oxygens (including phenoxy) is 1. The van der Waals surface area contributed by atoms with Crippen LogP contribution in [0.15, 0.2) is 48.5 Å². The smallest absolute Gasteiger partial charge is 0.339 e. The van der Waals surface area contributed by atoms with Crippen LogP contribution in [0.25, 0.3) is 0 Å². The minimum absolute atomic E-state index is 0.107. The summed E-state index contributed by atoms with van der Waals surface area (Å²) in [5.74, 6) is -0.205. The summed E-state index contributed by atoms with van der Waals surface area (Å²) in [6.45, 7) is 0. The number of aryl methyl sites for hydroxylation is 1. The van der Waals surface area contributed by atoms with E-state index in [4.69, 9.17) is 4.74 Å². The molecule has 1 unspecified atom stereocenters. The summed E-state index contributed by atoms with van der Waals surface area (Å²) < 4.78 is 4.76. The molecule has 5 heteroatoms. The van der Waals surface area contributed by atoms with Crippen LogP contribution in [0.2, 0.25) is 0 Å². The van der Waals surface area contributed by atoms with Crippen LogP contribution >= 0.6 is 11.8 Å². The number of carbonyl (C=O) groups is 2. The van der Waals surface area contributed by atoms with E-state index in [1.807, 2.05) is 0 Å². The molecule has 0 radical (unpaired) electrons. The molecular formula is C20H21NO3S. The van der Waals surface area contributed by atoms with Crippen molar-refractivity contribution < 1.29 is 14.3 Å². The number of carbonyl (C=O) groups excluding carboxylic acids is 2. The standard InChI is InChI=1S/C20H21NO3S/c1-24-20(23)16-10-4-5-11-17(16)21-19(22)13-25-18-12-6-8-14-7-2-3-9-15(14)18/h2-5,7,9-11,18H,6,8,12-13H2,1H3,(H,21,22). The molecule has 0 heterocycles. The van der Waals surface area contributed by atoms with Gasteiger partial charge in [-0.15, -0.1) is 11.8 Å². The summed E-state index contributed by atoms with van der Waals surface area (Å²) in [6, 6.07) is 15.4. The van der Waals surface area contributed by atoms with E-state index in [0.29, 0.717) is 22.3 Å². The largest absolute Gasteiger partial charge is 0.465 e. The molecular weight excluding hydrogens is 334 g/mol. The average Bonchev–Trinajstić information content (AvgIpc) is 2.66. The predicted molar refractivity (Wildman–Crippen MR) is 101 cm³/mol. The number of thioether (sulfide) groups is 1. The number of benzene rings is 2. The first kappa shape index (κ1) is 17.5. The third-order valence-corrected chi connectivity index (χ3v) is 5.66. The van der Waals surface area contributed by atoms with Crippen LogP contribution in [-0.2, 0) is 16.0 Å². The summed E-state index contributed by atoms with van der Waals surface area (Å²) >= 11 is 1.66. The van der Waals surface area contributed by atoms with Crippen molar-refractivity contribution in [3.05, 3.63) is 65.2 Å². The van der Waals surface area contributed by atoms with E-state index < -0.39 is 5.97 Å². The number of hydrogen-bond acceptors (Lipinski definition) is 4. The SMILES string of the molecule is COC(=O)c1ccccc1NC(=O)CSC1CCCc2ccccc21. The molecule has 1 aliphatic carbocycles. The first-order chi connectivity index (χ1) is 12.2. The third kappa shape index (κ3) is 4.23. The molecule has 1 N–H and O–H groups in total. The van der Waals surface area contributed by atoms with Crippen LogP contribution < -0.4 is 5.32 Å². The molecule has 0 saturated carbocycles. The van der Waals surface area contributed by atoms with Gasteiger partial charge in [0.15, 0.2) is 0 Å². The fraction of sp³-hybridized carbons (Fsp3) is 0.300. The summed E-state index contributed by atoms with van der Waals surface area (Å²) in [5.41, 5.74) is 3.60. The molecule has 0 fully saturated rings. The number of anilines is 1. The number of nitrogens with one attached hydrogen (secondary N) is 1. The maximum atomic E-state index is 12.3. The maximum absolute atomic E-state index is 12.3. The van der Waals surface area contributed by atoms with Crippen molar-refractivity contribution >= 4 is 29.3 Å². The van der Waals surface area contributed by atoms with E-state index in [1.165, 1.54) is 18.2 Å². The Bertz CT molecular complexity index is 775. The van der Waals surface area contributed by atoms with Gasteiger partial charge in [-0.05, 0) is 42.5 Å². The second-order valence-corrected chi connectivity index (χ2v) is 7.17. The lowest BCUT2D eigenvalue weighted by Gasteiger charge is -2.24.